The summed E-state index contributed by atoms with van der Waals surface area (Å²) in [6, 6.07) is 12.7. The first-order valence-corrected chi connectivity index (χ1v) is 9.96. The molecule has 2 aromatic carbocycles. The first-order chi connectivity index (χ1) is 14.1. The van der Waals surface area contributed by atoms with Crippen molar-refractivity contribution < 1.29 is 0 Å². The highest BCUT2D eigenvalue weighted by atomic mass is 35.5. The normalized spacial score (nSPS) is 11.7. The quantitative estimate of drug-likeness (QED) is 0.409. The summed E-state index contributed by atoms with van der Waals surface area (Å²) >= 11 is 12.7. The molecule has 0 aliphatic carbocycles. The van der Waals surface area contributed by atoms with Crippen LogP contribution in [0.3, 0.4) is 0 Å². The maximum absolute atomic E-state index is 13.2. The van der Waals surface area contributed by atoms with Crippen LogP contribution in [0.15, 0.2) is 53.6 Å². The molecule has 0 saturated heterocycles. The van der Waals surface area contributed by atoms with Crippen LogP contribution < -0.4 is 5.56 Å². The molecule has 8 heteroatoms. The van der Waals surface area contributed by atoms with Crippen LogP contribution in [-0.2, 0) is 6.54 Å². The molecule has 0 aliphatic rings. The third-order valence-corrected chi connectivity index (χ3v) is 5.40. The van der Waals surface area contributed by atoms with E-state index in [-0.39, 0.29) is 5.56 Å². The van der Waals surface area contributed by atoms with Crippen molar-refractivity contribution in [2.24, 2.45) is 0 Å². The number of aromatic nitrogens is 5. The number of para-hydroxylation sites is 2. The Morgan fingerprint density at radius 2 is 1.76 bits per heavy atom. The topological polar surface area (TPSA) is 65.6 Å². The molecule has 5 rings (SSSR count). The number of fused-ring (bicyclic) bond motifs is 4. The summed E-state index contributed by atoms with van der Waals surface area (Å²) in [6.45, 7) is 2.59. The number of benzene rings is 2. The van der Waals surface area contributed by atoms with E-state index in [1.165, 1.54) is 0 Å². The molecule has 6 nitrogen and oxygen atoms in total. The Labute approximate surface area is 175 Å². The molecule has 0 saturated carbocycles. The van der Waals surface area contributed by atoms with Gasteiger partial charge in [-0.1, -0.05) is 42.3 Å². The zero-order chi connectivity index (χ0) is 20.1. The van der Waals surface area contributed by atoms with Gasteiger partial charge >= 0.3 is 0 Å². The Kier molecular flexibility index (Phi) is 4.26. The van der Waals surface area contributed by atoms with Gasteiger partial charge in [-0.25, -0.2) is 15.0 Å². The predicted molar refractivity (Wildman–Crippen MR) is 116 cm³/mol. The van der Waals surface area contributed by atoms with Gasteiger partial charge in [-0.3, -0.25) is 13.9 Å². The van der Waals surface area contributed by atoms with Gasteiger partial charge in [0.05, 0.1) is 28.1 Å². The van der Waals surface area contributed by atoms with Gasteiger partial charge < -0.3 is 0 Å². The monoisotopic (exact) mass is 423 g/mol. The predicted octanol–water partition coefficient (Wildman–Crippen LogP) is 5.00. The minimum atomic E-state index is -0.150. The largest absolute Gasteiger partial charge is 0.299 e. The van der Waals surface area contributed by atoms with Crippen molar-refractivity contribution in [3.05, 3.63) is 69.2 Å². The van der Waals surface area contributed by atoms with Gasteiger partial charge in [-0.2, -0.15) is 0 Å². The van der Waals surface area contributed by atoms with Crippen molar-refractivity contribution >= 4 is 56.4 Å². The number of hydrogen-bond acceptors (Lipinski definition) is 4. The highest BCUT2D eigenvalue weighted by molar-refractivity contribution is 6.34. The SMILES string of the molecule is CCCn1cnc2c(c1=O)c1nc3ccccc3nc1n2-c1cc(Cl)ccc1Cl. The molecule has 0 atom stereocenters. The van der Waals surface area contributed by atoms with E-state index < -0.39 is 0 Å². The summed E-state index contributed by atoms with van der Waals surface area (Å²) in [4.78, 5) is 27.4. The lowest BCUT2D eigenvalue weighted by Crippen LogP contribution is -2.20. The number of halogens is 2. The van der Waals surface area contributed by atoms with Gasteiger partial charge in [0.1, 0.15) is 10.9 Å². The van der Waals surface area contributed by atoms with Crippen molar-refractivity contribution in [3.8, 4) is 5.69 Å². The molecule has 5 aromatic rings. The van der Waals surface area contributed by atoms with Crippen LogP contribution in [0.1, 0.15) is 13.3 Å². The molecular formula is C21H15Cl2N5O. The Morgan fingerprint density at radius 1 is 1.00 bits per heavy atom. The van der Waals surface area contributed by atoms with Crippen LogP contribution >= 0.6 is 23.2 Å². The molecule has 0 radical (unpaired) electrons. The fourth-order valence-corrected chi connectivity index (χ4v) is 3.93. The summed E-state index contributed by atoms with van der Waals surface area (Å²) in [7, 11) is 0. The molecule has 0 unspecified atom stereocenters. The third kappa shape index (κ3) is 2.79. The van der Waals surface area contributed by atoms with Gasteiger partial charge in [0.25, 0.3) is 5.56 Å². The molecule has 144 valence electrons. The van der Waals surface area contributed by atoms with Crippen LogP contribution in [-0.4, -0.2) is 24.1 Å². The maximum Gasteiger partial charge on any atom is 0.265 e. The molecule has 0 bridgehead atoms. The van der Waals surface area contributed by atoms with Gasteiger partial charge in [-0.15, -0.1) is 0 Å². The lowest BCUT2D eigenvalue weighted by atomic mass is 10.3. The number of nitrogens with zero attached hydrogens (tertiary/aromatic N) is 5. The summed E-state index contributed by atoms with van der Waals surface area (Å²) in [5.74, 6) is 0. The van der Waals surface area contributed by atoms with E-state index in [9.17, 15) is 4.79 Å². The second-order valence-electron chi connectivity index (χ2n) is 6.76. The van der Waals surface area contributed by atoms with Crippen molar-refractivity contribution in [2.45, 2.75) is 19.9 Å². The van der Waals surface area contributed by atoms with E-state index in [1.807, 2.05) is 31.2 Å². The Bertz CT molecular complexity index is 1470. The second-order valence-corrected chi connectivity index (χ2v) is 7.60. The lowest BCUT2D eigenvalue weighted by Gasteiger charge is -2.09. The fraction of sp³-hybridized carbons (Fsp3) is 0.143. The summed E-state index contributed by atoms with van der Waals surface area (Å²) in [5.41, 5.74) is 3.35. The van der Waals surface area contributed by atoms with Crippen molar-refractivity contribution in [1.82, 2.24) is 24.1 Å². The average Bonchev–Trinajstić information content (AvgIpc) is 3.04. The standard InChI is InChI=1S/C21H15Cl2N5O/c1-2-9-27-11-24-19-17(21(27)29)18-20(26-15-6-4-3-5-14(15)25-18)28(19)16-10-12(22)7-8-13(16)23/h3-8,10-11H,2,9H2,1H3. The van der Waals surface area contributed by atoms with Crippen LogP contribution in [0.5, 0.6) is 0 Å². The first kappa shape index (κ1) is 18.1. The van der Waals surface area contributed by atoms with Crippen LogP contribution in [0.4, 0.5) is 0 Å². The van der Waals surface area contributed by atoms with E-state index in [4.69, 9.17) is 33.2 Å². The summed E-state index contributed by atoms with van der Waals surface area (Å²) in [6.07, 6.45) is 2.38. The van der Waals surface area contributed by atoms with E-state index >= 15 is 0 Å². The minimum Gasteiger partial charge on any atom is -0.299 e. The molecule has 0 amide bonds. The van der Waals surface area contributed by atoms with Crippen LogP contribution in [0, 0.1) is 0 Å². The molecule has 29 heavy (non-hydrogen) atoms. The molecule has 0 fully saturated rings. The minimum absolute atomic E-state index is 0.150. The molecule has 0 spiro atoms. The van der Waals surface area contributed by atoms with Gasteiger partial charge in [0.15, 0.2) is 11.3 Å². The molecule has 3 heterocycles. The first-order valence-electron chi connectivity index (χ1n) is 9.20. The number of aryl methyl sites for hydroxylation is 1. The second kappa shape index (κ2) is 6.83. The number of rotatable bonds is 3. The van der Waals surface area contributed by atoms with E-state index in [0.717, 1.165) is 11.9 Å². The van der Waals surface area contributed by atoms with Crippen LogP contribution in [0.2, 0.25) is 10.0 Å². The molecule has 3 aromatic heterocycles. The number of hydrogen-bond donors (Lipinski definition) is 0. The van der Waals surface area contributed by atoms with E-state index in [1.54, 1.807) is 33.7 Å². The highest BCUT2D eigenvalue weighted by Gasteiger charge is 2.22. The van der Waals surface area contributed by atoms with Gasteiger partial charge in [0.2, 0.25) is 0 Å². The van der Waals surface area contributed by atoms with Crippen LogP contribution in [0.25, 0.3) is 38.9 Å². The van der Waals surface area contributed by atoms with E-state index in [0.29, 0.717) is 50.0 Å². The Balaban J connectivity index is 2.02. The zero-order valence-corrected chi connectivity index (χ0v) is 16.9. The van der Waals surface area contributed by atoms with E-state index in [2.05, 4.69) is 4.98 Å². The smallest absolute Gasteiger partial charge is 0.265 e. The van der Waals surface area contributed by atoms with Gasteiger partial charge in [0, 0.05) is 11.6 Å². The fourth-order valence-electron chi connectivity index (χ4n) is 3.56. The maximum atomic E-state index is 13.2. The van der Waals surface area contributed by atoms with Gasteiger partial charge in [-0.05, 0) is 36.8 Å². The molecule has 0 N–H and O–H groups in total. The summed E-state index contributed by atoms with van der Waals surface area (Å²) in [5, 5.41) is 1.42. The zero-order valence-electron chi connectivity index (χ0n) is 15.4. The summed E-state index contributed by atoms with van der Waals surface area (Å²) < 4.78 is 3.36. The van der Waals surface area contributed by atoms with Crippen molar-refractivity contribution in [3.63, 3.8) is 0 Å². The average molecular weight is 424 g/mol. The van der Waals surface area contributed by atoms with Crippen molar-refractivity contribution in [1.29, 1.82) is 0 Å². The Hall–Kier alpha value is -2.96. The Morgan fingerprint density at radius 3 is 2.52 bits per heavy atom. The van der Waals surface area contributed by atoms with Crippen molar-refractivity contribution in [2.75, 3.05) is 0 Å². The molecule has 0 aliphatic heterocycles. The highest BCUT2D eigenvalue weighted by Crippen LogP contribution is 2.32. The lowest BCUT2D eigenvalue weighted by molar-refractivity contribution is 0.647. The third-order valence-electron chi connectivity index (χ3n) is 4.84. The molecular weight excluding hydrogens is 409 g/mol.